The Bertz CT molecular complexity index is 1230. The summed E-state index contributed by atoms with van der Waals surface area (Å²) in [5, 5.41) is 21.5. The Balaban J connectivity index is 1.13. The summed E-state index contributed by atoms with van der Waals surface area (Å²) in [5.74, 6) is 1.51. The average Bonchev–Trinajstić information content (AvgIpc) is 3.37. The summed E-state index contributed by atoms with van der Waals surface area (Å²) in [6.07, 6.45) is 5.40. The summed E-state index contributed by atoms with van der Waals surface area (Å²) in [7, 11) is 0. The molecular weight excluding hydrogens is 517 g/mol. The van der Waals surface area contributed by atoms with Gasteiger partial charge in [0, 0.05) is 43.3 Å². The molecule has 0 spiro atoms. The summed E-state index contributed by atoms with van der Waals surface area (Å²) in [5.41, 5.74) is 2.94. The van der Waals surface area contributed by atoms with Crippen LogP contribution < -0.4 is 10.2 Å². The molecule has 1 saturated carbocycles. The predicted octanol–water partition coefficient (Wildman–Crippen LogP) is 5.35. The lowest BCUT2D eigenvalue weighted by Gasteiger charge is -2.50. The van der Waals surface area contributed by atoms with Gasteiger partial charge in [0.1, 0.15) is 5.82 Å². The van der Waals surface area contributed by atoms with Crippen molar-refractivity contribution in [3.05, 3.63) is 65.5 Å². The fourth-order valence-corrected chi connectivity index (χ4v) is 8.14. The second-order valence-corrected chi connectivity index (χ2v) is 12.7. The molecule has 0 bridgehead atoms. The topological polar surface area (TPSA) is 82.8 Å². The third-order valence-corrected chi connectivity index (χ3v) is 10.2. The molecule has 3 aliphatic heterocycles. The molecule has 4 fully saturated rings. The van der Waals surface area contributed by atoms with Crippen molar-refractivity contribution in [3.8, 4) is 6.07 Å². The zero-order valence-electron chi connectivity index (χ0n) is 23.8. The number of hydrogen-bond donors (Lipinski definition) is 2. The van der Waals surface area contributed by atoms with Gasteiger partial charge in [-0.15, -0.1) is 0 Å². The molecule has 0 unspecified atom stereocenters. The van der Waals surface area contributed by atoms with Crippen LogP contribution in [-0.2, 0) is 0 Å². The van der Waals surface area contributed by atoms with Crippen LogP contribution in [0.25, 0.3) is 0 Å². The van der Waals surface area contributed by atoms with E-state index in [-0.39, 0.29) is 23.8 Å². The van der Waals surface area contributed by atoms with Gasteiger partial charge in [-0.05, 0) is 118 Å². The van der Waals surface area contributed by atoms with Crippen molar-refractivity contribution in [2.24, 2.45) is 23.7 Å². The van der Waals surface area contributed by atoms with Crippen LogP contribution in [0.15, 0.2) is 48.5 Å². The monoisotopic (exact) mass is 559 g/mol. The van der Waals surface area contributed by atoms with Crippen LogP contribution in [0.2, 0.25) is 0 Å². The van der Waals surface area contributed by atoms with Gasteiger partial charge in [-0.2, -0.15) is 5.26 Å². The lowest BCUT2D eigenvalue weighted by molar-refractivity contribution is -0.000940. The minimum absolute atomic E-state index is 0.0314. The first-order valence-electron chi connectivity index (χ1n) is 15.4. The summed E-state index contributed by atoms with van der Waals surface area (Å²) in [6, 6.07) is 17.3. The Morgan fingerprint density at radius 2 is 1.78 bits per heavy atom. The molecule has 0 aromatic heterocycles. The standard InChI is InChI=1S/C33H42FN5O2/c34-27-5-1-4-26(18-27)32(38-14-3-15-38)31(29-6-2-7-30(29)36-33(40)41)25-12-16-37(17-13-25)20-24-21-39(22-24)28-10-8-23(19-35)9-11-28/h1,4-5,8-11,18,24-25,29-32,36H,2-3,6-7,12-17,20-22H2,(H,40,41)/t29-,30-,31-,32+/m0/s1. The number of halogens is 1. The van der Waals surface area contributed by atoms with Gasteiger partial charge >= 0.3 is 6.09 Å². The van der Waals surface area contributed by atoms with Crippen LogP contribution in [0.4, 0.5) is 14.9 Å². The molecule has 2 N–H and O–H groups in total. The van der Waals surface area contributed by atoms with Crippen molar-refractivity contribution in [3.63, 3.8) is 0 Å². The first kappa shape index (κ1) is 28.0. The molecule has 4 aliphatic rings. The highest BCUT2D eigenvalue weighted by Gasteiger charge is 2.46. The average molecular weight is 560 g/mol. The fraction of sp³-hybridized carbons (Fsp3) is 0.576. The van der Waals surface area contributed by atoms with Gasteiger partial charge < -0.3 is 20.2 Å². The van der Waals surface area contributed by atoms with E-state index in [1.54, 1.807) is 6.07 Å². The van der Waals surface area contributed by atoms with Gasteiger partial charge in [-0.1, -0.05) is 18.6 Å². The van der Waals surface area contributed by atoms with E-state index >= 15 is 0 Å². The summed E-state index contributed by atoms with van der Waals surface area (Å²) >= 11 is 0. The Hall–Kier alpha value is -3.15. The van der Waals surface area contributed by atoms with Crippen LogP contribution in [-0.4, -0.2) is 72.9 Å². The predicted molar refractivity (Wildman–Crippen MR) is 157 cm³/mol. The van der Waals surface area contributed by atoms with Gasteiger partial charge in [-0.3, -0.25) is 4.90 Å². The van der Waals surface area contributed by atoms with Gasteiger partial charge in [0.05, 0.1) is 11.6 Å². The van der Waals surface area contributed by atoms with Crippen molar-refractivity contribution >= 4 is 11.8 Å². The molecule has 1 amide bonds. The highest BCUT2D eigenvalue weighted by Crippen LogP contribution is 2.49. The molecular formula is C33H42FN5O2. The number of benzene rings is 2. The zero-order valence-corrected chi connectivity index (χ0v) is 23.8. The molecule has 6 rings (SSSR count). The molecule has 8 heteroatoms. The molecule has 3 heterocycles. The molecule has 1 aliphatic carbocycles. The van der Waals surface area contributed by atoms with E-state index in [1.165, 1.54) is 18.2 Å². The number of anilines is 1. The summed E-state index contributed by atoms with van der Waals surface area (Å²) < 4.78 is 14.5. The number of carbonyl (C=O) groups is 1. The van der Waals surface area contributed by atoms with Crippen LogP contribution >= 0.6 is 0 Å². The Labute approximate surface area is 242 Å². The van der Waals surface area contributed by atoms with E-state index in [2.05, 4.69) is 32.2 Å². The molecule has 218 valence electrons. The Kier molecular flexibility index (Phi) is 8.45. The van der Waals surface area contributed by atoms with Crippen molar-refractivity contribution in [1.29, 1.82) is 5.26 Å². The van der Waals surface area contributed by atoms with E-state index in [1.807, 2.05) is 30.3 Å². The third-order valence-electron chi connectivity index (χ3n) is 10.2. The normalized spacial score (nSPS) is 25.6. The van der Waals surface area contributed by atoms with Crippen LogP contribution in [0.3, 0.4) is 0 Å². The molecule has 3 saturated heterocycles. The Morgan fingerprint density at radius 3 is 2.41 bits per heavy atom. The number of hydrogen-bond acceptors (Lipinski definition) is 5. The number of nitrogens with zero attached hydrogens (tertiary/aromatic N) is 4. The molecule has 2 aromatic carbocycles. The summed E-state index contributed by atoms with van der Waals surface area (Å²) in [6.45, 7) is 7.39. The molecule has 0 radical (unpaired) electrons. The highest BCUT2D eigenvalue weighted by atomic mass is 19.1. The first-order chi connectivity index (χ1) is 20.0. The molecule has 4 atom stereocenters. The van der Waals surface area contributed by atoms with E-state index in [4.69, 9.17) is 5.26 Å². The number of piperidine rings is 1. The Morgan fingerprint density at radius 1 is 1.02 bits per heavy atom. The van der Waals surface area contributed by atoms with E-state index < -0.39 is 6.09 Å². The smallest absolute Gasteiger partial charge is 0.404 e. The maximum Gasteiger partial charge on any atom is 0.404 e. The van der Waals surface area contributed by atoms with Gasteiger partial charge in [0.2, 0.25) is 0 Å². The lowest BCUT2D eigenvalue weighted by atomic mass is 9.68. The minimum atomic E-state index is -0.933. The quantitative estimate of drug-likeness (QED) is 0.431. The molecule has 41 heavy (non-hydrogen) atoms. The van der Waals surface area contributed by atoms with E-state index in [0.29, 0.717) is 23.3 Å². The lowest BCUT2D eigenvalue weighted by Crippen LogP contribution is -2.54. The van der Waals surface area contributed by atoms with Crippen molar-refractivity contribution in [1.82, 2.24) is 15.1 Å². The SMILES string of the molecule is N#Cc1ccc(N2CC(CN3CCC([C@@H]([C@H]4CCC[C@@H]4NC(=O)O)[C@@H](c4cccc(F)c4)N4CCC4)CC3)C2)cc1. The van der Waals surface area contributed by atoms with Gasteiger partial charge in [-0.25, -0.2) is 9.18 Å². The van der Waals surface area contributed by atoms with Crippen molar-refractivity contribution < 1.29 is 14.3 Å². The highest BCUT2D eigenvalue weighted by molar-refractivity contribution is 5.65. The first-order valence-corrected chi connectivity index (χ1v) is 15.4. The number of rotatable bonds is 9. The minimum Gasteiger partial charge on any atom is -0.465 e. The molecule has 7 nitrogen and oxygen atoms in total. The number of amides is 1. The van der Waals surface area contributed by atoms with Gasteiger partial charge in [0.25, 0.3) is 0 Å². The largest absolute Gasteiger partial charge is 0.465 e. The van der Waals surface area contributed by atoms with Crippen molar-refractivity contribution in [2.75, 3.05) is 50.7 Å². The fourth-order valence-electron chi connectivity index (χ4n) is 8.14. The van der Waals surface area contributed by atoms with Crippen LogP contribution in [0.1, 0.15) is 55.7 Å². The number of nitrogens with one attached hydrogen (secondary N) is 1. The maximum absolute atomic E-state index is 14.5. The summed E-state index contributed by atoms with van der Waals surface area (Å²) in [4.78, 5) is 19.2. The van der Waals surface area contributed by atoms with Crippen LogP contribution in [0, 0.1) is 40.8 Å². The van der Waals surface area contributed by atoms with Gasteiger partial charge in [0.15, 0.2) is 0 Å². The third kappa shape index (κ3) is 6.22. The zero-order chi connectivity index (χ0) is 28.3. The van der Waals surface area contributed by atoms with E-state index in [0.717, 1.165) is 83.5 Å². The van der Waals surface area contributed by atoms with Crippen molar-refractivity contribution in [2.45, 2.75) is 50.6 Å². The molecule has 2 aromatic rings. The maximum atomic E-state index is 14.5. The number of likely N-dealkylation sites (tertiary alicyclic amines) is 2. The second kappa shape index (κ2) is 12.4. The van der Waals surface area contributed by atoms with Crippen LogP contribution in [0.5, 0.6) is 0 Å². The number of carboxylic acid groups (broad SMARTS) is 1. The number of nitriles is 1. The van der Waals surface area contributed by atoms with E-state index in [9.17, 15) is 14.3 Å². The second-order valence-electron chi connectivity index (χ2n) is 12.7.